The van der Waals surface area contributed by atoms with E-state index in [4.69, 9.17) is 5.11 Å². The molecule has 0 rings (SSSR count). The van der Waals surface area contributed by atoms with E-state index in [9.17, 15) is 4.79 Å². The SMILES string of the molecule is CCCCCCCCCCCC(=O)O.[Ag]. The molecule has 0 aliphatic heterocycles. The quantitative estimate of drug-likeness (QED) is 0.489. The van der Waals surface area contributed by atoms with E-state index >= 15 is 0 Å². The molecule has 0 unspecified atom stereocenters. The third-order valence-electron chi connectivity index (χ3n) is 2.49. The van der Waals surface area contributed by atoms with E-state index in [1.807, 2.05) is 0 Å². The molecule has 0 fully saturated rings. The number of aliphatic carboxylic acids is 1. The van der Waals surface area contributed by atoms with Gasteiger partial charge in [0.2, 0.25) is 0 Å². The van der Waals surface area contributed by atoms with Crippen LogP contribution in [0.4, 0.5) is 0 Å². The van der Waals surface area contributed by atoms with Gasteiger partial charge in [0.25, 0.3) is 0 Å². The summed E-state index contributed by atoms with van der Waals surface area (Å²) in [6.07, 6.45) is 11.5. The third kappa shape index (κ3) is 16.9. The molecule has 0 bridgehead atoms. The fraction of sp³-hybridized carbons (Fsp3) is 0.917. The zero-order valence-corrected chi connectivity index (χ0v) is 11.2. The summed E-state index contributed by atoms with van der Waals surface area (Å²) < 4.78 is 0. The topological polar surface area (TPSA) is 37.3 Å². The summed E-state index contributed by atoms with van der Waals surface area (Å²) in [6.45, 7) is 2.23. The molecular formula is C12H24AgO2. The van der Waals surface area contributed by atoms with Crippen molar-refractivity contribution in [2.24, 2.45) is 0 Å². The maximum Gasteiger partial charge on any atom is 0.303 e. The van der Waals surface area contributed by atoms with Crippen LogP contribution in [0.15, 0.2) is 0 Å². The van der Waals surface area contributed by atoms with Crippen LogP contribution >= 0.6 is 0 Å². The van der Waals surface area contributed by atoms with Gasteiger partial charge in [0, 0.05) is 28.8 Å². The molecule has 1 radical (unpaired) electrons. The predicted molar refractivity (Wildman–Crippen MR) is 59.5 cm³/mol. The first-order valence-corrected chi connectivity index (χ1v) is 5.99. The van der Waals surface area contributed by atoms with E-state index < -0.39 is 5.97 Å². The third-order valence-corrected chi connectivity index (χ3v) is 2.49. The second kappa shape index (κ2) is 14.2. The molecule has 0 aromatic heterocycles. The minimum Gasteiger partial charge on any atom is -0.481 e. The van der Waals surface area contributed by atoms with Gasteiger partial charge in [0.1, 0.15) is 0 Å². The molecule has 0 amide bonds. The first-order chi connectivity index (χ1) is 6.77. The van der Waals surface area contributed by atoms with Crippen molar-refractivity contribution in [3.8, 4) is 0 Å². The summed E-state index contributed by atoms with van der Waals surface area (Å²) in [4.78, 5) is 10.2. The Hall–Kier alpha value is 0.210. The van der Waals surface area contributed by atoms with Crippen LogP contribution in [0.2, 0.25) is 0 Å². The first kappa shape index (κ1) is 17.6. The minimum absolute atomic E-state index is 0. The Labute approximate surface area is 109 Å². The second-order valence-corrected chi connectivity index (χ2v) is 3.97. The fourth-order valence-electron chi connectivity index (χ4n) is 1.59. The largest absolute Gasteiger partial charge is 0.481 e. The van der Waals surface area contributed by atoms with Gasteiger partial charge in [0.15, 0.2) is 0 Å². The van der Waals surface area contributed by atoms with Gasteiger partial charge in [0.05, 0.1) is 0 Å². The smallest absolute Gasteiger partial charge is 0.303 e. The van der Waals surface area contributed by atoms with Crippen LogP contribution < -0.4 is 0 Å². The van der Waals surface area contributed by atoms with Crippen LogP contribution in [0.1, 0.15) is 71.1 Å². The van der Waals surface area contributed by atoms with E-state index in [1.165, 1.54) is 44.9 Å². The van der Waals surface area contributed by atoms with E-state index in [0.717, 1.165) is 12.8 Å². The van der Waals surface area contributed by atoms with E-state index in [2.05, 4.69) is 6.92 Å². The summed E-state index contributed by atoms with van der Waals surface area (Å²) in [5.41, 5.74) is 0. The van der Waals surface area contributed by atoms with Crippen molar-refractivity contribution < 1.29 is 32.3 Å². The van der Waals surface area contributed by atoms with Gasteiger partial charge >= 0.3 is 5.97 Å². The van der Waals surface area contributed by atoms with Crippen molar-refractivity contribution in [3.63, 3.8) is 0 Å². The molecule has 1 N–H and O–H groups in total. The molecule has 0 saturated heterocycles. The summed E-state index contributed by atoms with van der Waals surface area (Å²) in [7, 11) is 0. The van der Waals surface area contributed by atoms with E-state index in [0.29, 0.717) is 6.42 Å². The maximum atomic E-state index is 10.2. The van der Waals surface area contributed by atoms with Crippen LogP contribution in [0.25, 0.3) is 0 Å². The number of rotatable bonds is 10. The monoisotopic (exact) mass is 307 g/mol. The van der Waals surface area contributed by atoms with Gasteiger partial charge in [-0.3, -0.25) is 4.79 Å². The summed E-state index contributed by atoms with van der Waals surface area (Å²) in [6, 6.07) is 0. The predicted octanol–water partition coefficient (Wildman–Crippen LogP) is 3.99. The second-order valence-electron chi connectivity index (χ2n) is 3.97. The van der Waals surface area contributed by atoms with Crippen molar-refractivity contribution in [2.45, 2.75) is 71.1 Å². The minimum atomic E-state index is -0.659. The van der Waals surface area contributed by atoms with Gasteiger partial charge in [-0.15, -0.1) is 0 Å². The molecule has 95 valence electrons. The molecule has 0 saturated carbocycles. The van der Waals surface area contributed by atoms with Crippen molar-refractivity contribution in [1.29, 1.82) is 0 Å². The molecule has 0 heterocycles. The number of carbonyl (C=O) groups is 1. The average molecular weight is 308 g/mol. The van der Waals surface area contributed by atoms with Crippen LogP contribution in [0.3, 0.4) is 0 Å². The summed E-state index contributed by atoms with van der Waals surface area (Å²) in [5, 5.41) is 8.41. The average Bonchev–Trinajstić information content (AvgIpc) is 2.15. The van der Waals surface area contributed by atoms with E-state index in [1.54, 1.807) is 0 Å². The van der Waals surface area contributed by atoms with Crippen LogP contribution in [0, 0.1) is 0 Å². The van der Waals surface area contributed by atoms with E-state index in [-0.39, 0.29) is 22.4 Å². The normalized spacial score (nSPS) is 9.67. The van der Waals surface area contributed by atoms with Crippen molar-refractivity contribution in [3.05, 3.63) is 0 Å². The fourth-order valence-corrected chi connectivity index (χ4v) is 1.59. The van der Waals surface area contributed by atoms with Gasteiger partial charge < -0.3 is 5.11 Å². The van der Waals surface area contributed by atoms with Crippen LogP contribution in [-0.2, 0) is 27.2 Å². The Kier molecular flexibility index (Phi) is 16.7. The molecule has 0 aromatic rings. The Balaban J connectivity index is 0. The van der Waals surface area contributed by atoms with Crippen LogP contribution in [0.5, 0.6) is 0 Å². The zero-order chi connectivity index (χ0) is 10.6. The van der Waals surface area contributed by atoms with Gasteiger partial charge in [-0.25, -0.2) is 0 Å². The summed E-state index contributed by atoms with van der Waals surface area (Å²) >= 11 is 0. The van der Waals surface area contributed by atoms with Crippen molar-refractivity contribution in [1.82, 2.24) is 0 Å². The molecule has 0 spiro atoms. The number of unbranched alkanes of at least 4 members (excludes halogenated alkanes) is 8. The Morgan fingerprint density at radius 1 is 0.867 bits per heavy atom. The standard InChI is InChI=1S/C12H24O2.Ag/c1-2-3-4-5-6-7-8-9-10-11-12(13)14;/h2-11H2,1H3,(H,13,14);. The molecule has 2 nitrogen and oxygen atoms in total. The Bertz CT molecular complexity index is 138. The Morgan fingerprint density at radius 2 is 1.27 bits per heavy atom. The van der Waals surface area contributed by atoms with Gasteiger partial charge in [-0.2, -0.15) is 0 Å². The number of carboxylic acids is 1. The molecule has 0 aromatic carbocycles. The molecular weight excluding hydrogens is 284 g/mol. The maximum absolute atomic E-state index is 10.2. The molecule has 15 heavy (non-hydrogen) atoms. The molecule has 3 heteroatoms. The Morgan fingerprint density at radius 3 is 1.67 bits per heavy atom. The van der Waals surface area contributed by atoms with Crippen molar-refractivity contribution in [2.75, 3.05) is 0 Å². The van der Waals surface area contributed by atoms with Gasteiger partial charge in [-0.1, -0.05) is 58.3 Å². The number of hydrogen-bond donors (Lipinski definition) is 1. The first-order valence-electron chi connectivity index (χ1n) is 5.99. The number of hydrogen-bond acceptors (Lipinski definition) is 1. The number of carboxylic acid groups (broad SMARTS) is 1. The molecule has 0 aliphatic carbocycles. The van der Waals surface area contributed by atoms with Gasteiger partial charge in [-0.05, 0) is 6.42 Å². The molecule has 0 atom stereocenters. The molecule has 0 aliphatic rings. The summed E-state index contributed by atoms with van der Waals surface area (Å²) in [5.74, 6) is -0.659. The van der Waals surface area contributed by atoms with Crippen LogP contribution in [-0.4, -0.2) is 11.1 Å². The van der Waals surface area contributed by atoms with Crippen molar-refractivity contribution >= 4 is 5.97 Å². The zero-order valence-electron chi connectivity index (χ0n) is 9.73.